The molecule has 0 aromatic heterocycles. The average molecular weight is 359 g/mol. The average Bonchev–Trinajstić information content (AvgIpc) is 2.66. The number of methoxy groups -OCH3 is 3. The Bertz CT molecular complexity index is 725. The highest BCUT2D eigenvalue weighted by atomic mass is 16.5. The van der Waals surface area contributed by atoms with Crippen molar-refractivity contribution in [3.05, 3.63) is 59.7 Å². The zero-order valence-corrected chi connectivity index (χ0v) is 15.2. The number of nitrogens with one attached hydrogen (secondary N) is 1. The summed E-state index contributed by atoms with van der Waals surface area (Å²) in [5.74, 6) is 1.97. The maximum atomic E-state index is 11.9. The van der Waals surface area contributed by atoms with Gasteiger partial charge in [0.25, 0.3) is 0 Å². The van der Waals surface area contributed by atoms with Crippen LogP contribution in [-0.4, -0.2) is 39.3 Å². The van der Waals surface area contributed by atoms with Crippen LogP contribution in [0.3, 0.4) is 0 Å². The van der Waals surface area contributed by atoms with Crippen molar-refractivity contribution in [1.29, 1.82) is 0 Å². The highest BCUT2D eigenvalue weighted by molar-refractivity contribution is 5.91. The first-order valence-corrected chi connectivity index (χ1v) is 7.97. The fourth-order valence-corrected chi connectivity index (χ4v) is 2.31. The molecular formula is C20H25NO5. The molecular weight excluding hydrogens is 334 g/mol. The van der Waals surface area contributed by atoms with Gasteiger partial charge in [-0.3, -0.25) is 4.79 Å². The molecule has 140 valence electrons. The molecule has 0 bridgehead atoms. The van der Waals surface area contributed by atoms with Crippen molar-refractivity contribution >= 4 is 12.0 Å². The summed E-state index contributed by atoms with van der Waals surface area (Å²) in [7, 11) is 4.81. The molecule has 3 N–H and O–H groups in total. The zero-order chi connectivity index (χ0) is 18.1. The highest BCUT2D eigenvalue weighted by Crippen LogP contribution is 2.27. The van der Waals surface area contributed by atoms with Crippen molar-refractivity contribution in [3.8, 4) is 17.2 Å². The summed E-state index contributed by atoms with van der Waals surface area (Å²) in [4.78, 5) is 11.9. The SMILES string of the molecule is COc1ccc(CCNC(=O)/C=C/c2ccc(OC)c(OC)c2)cc1.O. The Morgan fingerprint density at radius 2 is 1.65 bits per heavy atom. The molecule has 2 aromatic rings. The van der Waals surface area contributed by atoms with E-state index in [9.17, 15) is 4.79 Å². The normalized spacial score (nSPS) is 10.1. The second kappa shape index (κ2) is 10.8. The minimum atomic E-state index is -0.136. The van der Waals surface area contributed by atoms with Crippen molar-refractivity contribution in [1.82, 2.24) is 5.32 Å². The van der Waals surface area contributed by atoms with Gasteiger partial charge in [0.15, 0.2) is 11.5 Å². The number of rotatable bonds is 8. The van der Waals surface area contributed by atoms with Gasteiger partial charge in [-0.1, -0.05) is 18.2 Å². The van der Waals surface area contributed by atoms with Crippen molar-refractivity contribution in [2.75, 3.05) is 27.9 Å². The maximum absolute atomic E-state index is 11.9. The van der Waals surface area contributed by atoms with Crippen LogP contribution in [0.1, 0.15) is 11.1 Å². The second-order valence-electron chi connectivity index (χ2n) is 5.34. The Balaban J connectivity index is 0.00000338. The molecule has 0 saturated carbocycles. The fourth-order valence-electron chi connectivity index (χ4n) is 2.31. The number of ether oxygens (including phenoxy) is 3. The van der Waals surface area contributed by atoms with Gasteiger partial charge in [-0.2, -0.15) is 0 Å². The lowest BCUT2D eigenvalue weighted by Crippen LogP contribution is -2.23. The first-order chi connectivity index (χ1) is 12.2. The van der Waals surface area contributed by atoms with Gasteiger partial charge in [0.1, 0.15) is 5.75 Å². The third-order valence-electron chi connectivity index (χ3n) is 3.71. The molecule has 2 rings (SSSR count). The van der Waals surface area contributed by atoms with E-state index in [4.69, 9.17) is 14.2 Å². The molecule has 1 amide bonds. The predicted octanol–water partition coefficient (Wildman–Crippen LogP) is 2.26. The lowest BCUT2D eigenvalue weighted by molar-refractivity contribution is -0.116. The molecule has 0 unspecified atom stereocenters. The van der Waals surface area contributed by atoms with Crippen LogP contribution >= 0.6 is 0 Å². The summed E-state index contributed by atoms with van der Waals surface area (Å²) in [5, 5.41) is 2.87. The van der Waals surface area contributed by atoms with Gasteiger partial charge < -0.3 is 25.0 Å². The zero-order valence-electron chi connectivity index (χ0n) is 15.2. The van der Waals surface area contributed by atoms with Gasteiger partial charge >= 0.3 is 0 Å². The summed E-state index contributed by atoms with van der Waals surface area (Å²) < 4.78 is 15.6. The number of carbonyl (C=O) groups excluding carboxylic acids is 1. The van der Waals surface area contributed by atoms with E-state index < -0.39 is 0 Å². The summed E-state index contributed by atoms with van der Waals surface area (Å²) >= 11 is 0. The Morgan fingerprint density at radius 3 is 2.27 bits per heavy atom. The number of benzene rings is 2. The van der Waals surface area contributed by atoms with E-state index in [-0.39, 0.29) is 11.4 Å². The Hall–Kier alpha value is -2.99. The van der Waals surface area contributed by atoms with E-state index in [1.165, 1.54) is 6.08 Å². The molecule has 0 saturated heterocycles. The first kappa shape index (κ1) is 21.1. The lowest BCUT2D eigenvalue weighted by atomic mass is 10.1. The molecule has 0 aliphatic carbocycles. The van der Waals surface area contributed by atoms with Crippen LogP contribution in [0.2, 0.25) is 0 Å². The van der Waals surface area contributed by atoms with Crippen molar-refractivity contribution in [3.63, 3.8) is 0 Å². The molecule has 0 heterocycles. The highest BCUT2D eigenvalue weighted by Gasteiger charge is 2.03. The monoisotopic (exact) mass is 359 g/mol. The third kappa shape index (κ3) is 6.14. The molecule has 0 atom stereocenters. The van der Waals surface area contributed by atoms with Crippen LogP contribution in [0.25, 0.3) is 6.08 Å². The summed E-state index contributed by atoms with van der Waals surface area (Å²) in [6.45, 7) is 0.571. The van der Waals surface area contributed by atoms with E-state index in [0.717, 1.165) is 23.3 Å². The van der Waals surface area contributed by atoms with Crippen LogP contribution in [0.5, 0.6) is 17.2 Å². The topological polar surface area (TPSA) is 88.3 Å². The summed E-state index contributed by atoms with van der Waals surface area (Å²) in [6, 6.07) is 13.3. The third-order valence-corrected chi connectivity index (χ3v) is 3.71. The fraction of sp³-hybridized carbons (Fsp3) is 0.250. The predicted molar refractivity (Wildman–Crippen MR) is 102 cm³/mol. The maximum Gasteiger partial charge on any atom is 0.244 e. The van der Waals surface area contributed by atoms with Crippen molar-refractivity contribution < 1.29 is 24.5 Å². The standard InChI is InChI=1S/C20H23NO4.H2O/c1-23-17-8-4-15(5-9-17)12-13-21-20(22)11-7-16-6-10-18(24-2)19(14-16)25-3;/h4-11,14H,12-13H2,1-3H3,(H,21,22);1H2/b11-7+;. The smallest absolute Gasteiger partial charge is 0.244 e. The quantitative estimate of drug-likeness (QED) is 0.732. The molecule has 6 nitrogen and oxygen atoms in total. The van der Waals surface area contributed by atoms with Gasteiger partial charge in [0.2, 0.25) is 5.91 Å². The number of hydrogen-bond donors (Lipinski definition) is 1. The van der Waals surface area contributed by atoms with Gasteiger partial charge in [0, 0.05) is 12.6 Å². The summed E-state index contributed by atoms with van der Waals surface area (Å²) in [5.41, 5.74) is 2.01. The summed E-state index contributed by atoms with van der Waals surface area (Å²) in [6.07, 6.45) is 4.01. The largest absolute Gasteiger partial charge is 0.497 e. The Kier molecular flexibility index (Phi) is 8.74. The minimum Gasteiger partial charge on any atom is -0.497 e. The number of hydrogen-bond acceptors (Lipinski definition) is 4. The molecule has 6 heteroatoms. The number of amides is 1. The Labute approximate surface area is 153 Å². The first-order valence-electron chi connectivity index (χ1n) is 7.97. The van der Waals surface area contributed by atoms with Gasteiger partial charge in [0.05, 0.1) is 21.3 Å². The van der Waals surface area contributed by atoms with Crippen LogP contribution in [0.4, 0.5) is 0 Å². The van der Waals surface area contributed by atoms with E-state index in [0.29, 0.717) is 18.0 Å². The Morgan fingerprint density at radius 1 is 0.962 bits per heavy atom. The molecule has 0 aliphatic heterocycles. The van der Waals surface area contributed by atoms with Crippen LogP contribution in [0.15, 0.2) is 48.5 Å². The van der Waals surface area contributed by atoms with E-state index in [2.05, 4.69) is 5.32 Å². The van der Waals surface area contributed by atoms with Crippen LogP contribution in [-0.2, 0) is 11.2 Å². The molecule has 0 aliphatic rings. The second-order valence-corrected chi connectivity index (χ2v) is 5.34. The van der Waals surface area contributed by atoms with Crippen molar-refractivity contribution in [2.45, 2.75) is 6.42 Å². The molecule has 26 heavy (non-hydrogen) atoms. The van der Waals surface area contributed by atoms with E-state index in [1.54, 1.807) is 33.5 Å². The molecule has 0 spiro atoms. The molecule has 0 radical (unpaired) electrons. The van der Waals surface area contributed by atoms with Crippen LogP contribution in [0, 0.1) is 0 Å². The van der Waals surface area contributed by atoms with Gasteiger partial charge in [-0.25, -0.2) is 0 Å². The number of carbonyl (C=O) groups is 1. The van der Waals surface area contributed by atoms with Gasteiger partial charge in [-0.15, -0.1) is 0 Å². The molecule has 0 fully saturated rings. The van der Waals surface area contributed by atoms with Crippen LogP contribution < -0.4 is 19.5 Å². The van der Waals surface area contributed by atoms with Gasteiger partial charge in [-0.05, 0) is 47.9 Å². The van der Waals surface area contributed by atoms with E-state index in [1.807, 2.05) is 36.4 Å². The minimum absolute atomic E-state index is 0. The van der Waals surface area contributed by atoms with Crippen molar-refractivity contribution in [2.24, 2.45) is 0 Å². The lowest BCUT2D eigenvalue weighted by Gasteiger charge is -2.07. The van der Waals surface area contributed by atoms with E-state index >= 15 is 0 Å². The molecule has 2 aromatic carbocycles.